The monoisotopic (exact) mass is 345 g/mol. The first-order valence-electron chi connectivity index (χ1n) is 9.10. The molecule has 2 amide bonds. The lowest BCUT2D eigenvalue weighted by molar-refractivity contribution is -0.123. The summed E-state index contributed by atoms with van der Waals surface area (Å²) in [5, 5.41) is 2.89. The van der Waals surface area contributed by atoms with Gasteiger partial charge in [0.2, 0.25) is 5.91 Å². The van der Waals surface area contributed by atoms with Crippen molar-refractivity contribution in [2.24, 2.45) is 11.3 Å². The number of rotatable bonds is 4. The summed E-state index contributed by atoms with van der Waals surface area (Å²) < 4.78 is 0. The van der Waals surface area contributed by atoms with Crippen LogP contribution in [0.1, 0.15) is 45.0 Å². The zero-order chi connectivity index (χ0) is 18.6. The number of hydrogen-bond acceptors (Lipinski definition) is 3. The minimum atomic E-state index is -0.466. The Morgan fingerprint density at radius 1 is 1.12 bits per heavy atom. The lowest BCUT2D eigenvalue weighted by atomic mass is 9.95. The Hall–Kier alpha value is -1.88. The fourth-order valence-corrected chi connectivity index (χ4v) is 2.88. The zero-order valence-electron chi connectivity index (χ0n) is 16.1. The van der Waals surface area contributed by atoms with E-state index < -0.39 is 5.41 Å². The summed E-state index contributed by atoms with van der Waals surface area (Å²) in [6, 6.07) is 7.23. The molecule has 0 aliphatic carbocycles. The summed E-state index contributed by atoms with van der Waals surface area (Å²) in [5.74, 6) is 0.626. The molecule has 1 aliphatic heterocycles. The van der Waals surface area contributed by atoms with E-state index in [0.717, 1.165) is 32.7 Å². The van der Waals surface area contributed by atoms with E-state index in [1.54, 1.807) is 6.07 Å². The largest absolute Gasteiger partial charge is 0.336 e. The Kier molecular flexibility index (Phi) is 6.22. The maximum atomic E-state index is 12.8. The van der Waals surface area contributed by atoms with Gasteiger partial charge in [0.1, 0.15) is 0 Å². The number of carbonyl (C=O) groups excluding carboxylic acids is 2. The maximum Gasteiger partial charge on any atom is 0.254 e. The van der Waals surface area contributed by atoms with Gasteiger partial charge in [-0.3, -0.25) is 14.5 Å². The Morgan fingerprint density at radius 3 is 2.32 bits per heavy atom. The average Bonchev–Trinajstić information content (AvgIpc) is 2.54. The Balaban J connectivity index is 1.99. The lowest BCUT2D eigenvalue weighted by Crippen LogP contribution is -2.49. The van der Waals surface area contributed by atoms with Crippen LogP contribution in [0.25, 0.3) is 0 Å². The summed E-state index contributed by atoms with van der Waals surface area (Å²) in [6.45, 7) is 14.5. The number of hydrogen-bond donors (Lipinski definition) is 1. The maximum absolute atomic E-state index is 12.8. The summed E-state index contributed by atoms with van der Waals surface area (Å²) in [6.07, 6.45) is 0. The third-order valence-electron chi connectivity index (χ3n) is 4.33. The van der Waals surface area contributed by atoms with E-state index in [4.69, 9.17) is 0 Å². The predicted octanol–water partition coefficient (Wildman–Crippen LogP) is 3.09. The molecule has 0 atom stereocenters. The highest BCUT2D eigenvalue weighted by Crippen LogP contribution is 2.19. The van der Waals surface area contributed by atoms with Gasteiger partial charge in [-0.2, -0.15) is 0 Å². The minimum absolute atomic E-state index is 0.0380. The van der Waals surface area contributed by atoms with Crippen molar-refractivity contribution in [2.75, 3.05) is 38.0 Å². The van der Waals surface area contributed by atoms with E-state index in [-0.39, 0.29) is 11.8 Å². The molecule has 0 radical (unpaired) electrons. The quantitative estimate of drug-likeness (QED) is 0.912. The number of carbonyl (C=O) groups is 2. The number of amides is 2. The van der Waals surface area contributed by atoms with E-state index in [2.05, 4.69) is 24.1 Å². The first-order valence-corrected chi connectivity index (χ1v) is 9.10. The van der Waals surface area contributed by atoms with Crippen LogP contribution in [-0.2, 0) is 4.79 Å². The Bertz CT molecular complexity index is 612. The van der Waals surface area contributed by atoms with E-state index in [1.165, 1.54) is 0 Å². The van der Waals surface area contributed by atoms with Crippen LogP contribution in [0.2, 0.25) is 0 Å². The molecule has 1 heterocycles. The van der Waals surface area contributed by atoms with Crippen LogP contribution in [-0.4, -0.2) is 54.3 Å². The second-order valence-electron chi connectivity index (χ2n) is 8.27. The van der Waals surface area contributed by atoms with Gasteiger partial charge in [0.25, 0.3) is 5.91 Å². The van der Waals surface area contributed by atoms with Gasteiger partial charge >= 0.3 is 0 Å². The average molecular weight is 345 g/mol. The Morgan fingerprint density at radius 2 is 1.76 bits per heavy atom. The molecule has 1 aliphatic rings. The van der Waals surface area contributed by atoms with Crippen LogP contribution in [0, 0.1) is 11.3 Å². The molecule has 1 aromatic rings. The van der Waals surface area contributed by atoms with Crippen molar-refractivity contribution in [3.8, 4) is 0 Å². The van der Waals surface area contributed by atoms with Gasteiger partial charge in [-0.25, -0.2) is 0 Å². The molecular formula is C20H31N3O2. The molecule has 0 aromatic heterocycles. The van der Waals surface area contributed by atoms with Crippen LogP contribution in [0.15, 0.2) is 24.3 Å². The third-order valence-corrected chi connectivity index (χ3v) is 4.33. The number of anilines is 1. The summed E-state index contributed by atoms with van der Waals surface area (Å²) in [7, 11) is 0. The lowest BCUT2D eigenvalue weighted by Gasteiger charge is -2.35. The fraction of sp³-hybridized carbons (Fsp3) is 0.600. The van der Waals surface area contributed by atoms with Crippen LogP contribution in [0.3, 0.4) is 0 Å². The SMILES string of the molecule is CC(C)CN1CCN(C(=O)c2cccc(NC(=O)C(C)(C)C)c2)CC1. The van der Waals surface area contributed by atoms with Gasteiger partial charge in [0.15, 0.2) is 0 Å². The van der Waals surface area contributed by atoms with Crippen molar-refractivity contribution in [1.29, 1.82) is 0 Å². The summed E-state index contributed by atoms with van der Waals surface area (Å²) in [4.78, 5) is 29.2. The molecule has 25 heavy (non-hydrogen) atoms. The van der Waals surface area contributed by atoms with Crippen molar-refractivity contribution in [2.45, 2.75) is 34.6 Å². The molecule has 0 bridgehead atoms. The summed E-state index contributed by atoms with van der Waals surface area (Å²) >= 11 is 0. The molecule has 1 fully saturated rings. The van der Waals surface area contributed by atoms with Crippen molar-refractivity contribution < 1.29 is 9.59 Å². The molecule has 0 saturated carbocycles. The first-order chi connectivity index (χ1) is 11.7. The molecule has 138 valence electrons. The minimum Gasteiger partial charge on any atom is -0.336 e. The molecule has 0 spiro atoms. The molecule has 5 nitrogen and oxygen atoms in total. The standard InChI is InChI=1S/C20H31N3O2/c1-15(2)14-22-9-11-23(12-10-22)18(24)16-7-6-8-17(13-16)21-19(25)20(3,4)5/h6-8,13,15H,9-12,14H2,1-5H3,(H,21,25). The molecule has 1 saturated heterocycles. The molecule has 0 unspecified atom stereocenters. The highest BCUT2D eigenvalue weighted by molar-refractivity contribution is 5.98. The van der Waals surface area contributed by atoms with Crippen molar-refractivity contribution >= 4 is 17.5 Å². The van der Waals surface area contributed by atoms with Crippen LogP contribution in [0.5, 0.6) is 0 Å². The second kappa shape index (κ2) is 8.00. The highest BCUT2D eigenvalue weighted by atomic mass is 16.2. The predicted molar refractivity (Wildman–Crippen MR) is 102 cm³/mol. The molecule has 1 N–H and O–H groups in total. The third kappa shape index (κ3) is 5.56. The van der Waals surface area contributed by atoms with Crippen LogP contribution in [0.4, 0.5) is 5.69 Å². The topological polar surface area (TPSA) is 52.6 Å². The fourth-order valence-electron chi connectivity index (χ4n) is 2.88. The van der Waals surface area contributed by atoms with Crippen molar-refractivity contribution in [3.63, 3.8) is 0 Å². The van der Waals surface area contributed by atoms with Gasteiger partial charge in [-0.05, 0) is 24.1 Å². The second-order valence-corrected chi connectivity index (χ2v) is 8.27. The smallest absolute Gasteiger partial charge is 0.254 e. The van der Waals surface area contributed by atoms with Gasteiger partial charge in [0, 0.05) is 49.4 Å². The molecule has 2 rings (SSSR count). The van der Waals surface area contributed by atoms with Crippen molar-refractivity contribution in [3.05, 3.63) is 29.8 Å². The number of piperazine rings is 1. The number of benzene rings is 1. The zero-order valence-corrected chi connectivity index (χ0v) is 16.1. The normalized spacial score (nSPS) is 16.2. The van der Waals surface area contributed by atoms with E-state index >= 15 is 0 Å². The van der Waals surface area contributed by atoms with Gasteiger partial charge in [-0.1, -0.05) is 40.7 Å². The summed E-state index contributed by atoms with van der Waals surface area (Å²) in [5.41, 5.74) is 0.834. The van der Waals surface area contributed by atoms with Crippen LogP contribution >= 0.6 is 0 Å². The van der Waals surface area contributed by atoms with Crippen LogP contribution < -0.4 is 5.32 Å². The van der Waals surface area contributed by atoms with Gasteiger partial charge < -0.3 is 10.2 Å². The van der Waals surface area contributed by atoms with E-state index in [1.807, 2.05) is 43.9 Å². The first kappa shape index (κ1) is 19.4. The molecular weight excluding hydrogens is 314 g/mol. The van der Waals surface area contributed by atoms with Gasteiger partial charge in [-0.15, -0.1) is 0 Å². The highest BCUT2D eigenvalue weighted by Gasteiger charge is 2.24. The number of nitrogens with one attached hydrogen (secondary N) is 1. The van der Waals surface area contributed by atoms with Gasteiger partial charge in [0.05, 0.1) is 0 Å². The number of nitrogens with zero attached hydrogens (tertiary/aromatic N) is 2. The molecule has 5 heteroatoms. The van der Waals surface area contributed by atoms with E-state index in [9.17, 15) is 9.59 Å². The molecule has 1 aromatic carbocycles. The van der Waals surface area contributed by atoms with Crippen molar-refractivity contribution in [1.82, 2.24) is 9.80 Å². The van der Waals surface area contributed by atoms with E-state index in [0.29, 0.717) is 17.2 Å². The Labute approximate surface area is 151 Å².